The minimum absolute atomic E-state index is 0.217. The molecule has 0 amide bonds. The molecule has 0 bridgehead atoms. The summed E-state index contributed by atoms with van der Waals surface area (Å²) < 4.78 is 10.4. The quantitative estimate of drug-likeness (QED) is 0.791. The molecule has 0 saturated carbocycles. The summed E-state index contributed by atoms with van der Waals surface area (Å²) in [6.07, 6.45) is 0.217. The molecule has 2 rings (SSSR count). The highest BCUT2D eigenvalue weighted by Gasteiger charge is 2.08. The van der Waals surface area contributed by atoms with Crippen LogP contribution < -0.4 is 4.74 Å². The topological polar surface area (TPSA) is 59.3 Å². The summed E-state index contributed by atoms with van der Waals surface area (Å²) in [5.74, 6) is 0.343. The van der Waals surface area contributed by atoms with Gasteiger partial charge in [-0.3, -0.25) is 4.79 Å². The smallest absolute Gasteiger partial charge is 0.309 e. The fourth-order valence-corrected chi connectivity index (χ4v) is 1.91. The van der Waals surface area contributed by atoms with E-state index in [-0.39, 0.29) is 12.4 Å². The Balaban J connectivity index is 2.09. The van der Waals surface area contributed by atoms with Crippen molar-refractivity contribution >= 4 is 5.97 Å². The zero-order valence-electron chi connectivity index (χ0n) is 11.7. The molecule has 0 unspecified atom stereocenters. The number of nitriles is 1. The molecule has 0 fully saturated rings. The summed E-state index contributed by atoms with van der Waals surface area (Å²) in [5, 5.41) is 8.86. The number of nitrogens with zero attached hydrogens (tertiary/aromatic N) is 1. The van der Waals surface area contributed by atoms with E-state index in [0.29, 0.717) is 17.9 Å². The van der Waals surface area contributed by atoms with Crippen molar-refractivity contribution < 1.29 is 14.3 Å². The van der Waals surface area contributed by atoms with Crippen LogP contribution in [0.3, 0.4) is 0 Å². The number of hydrogen-bond acceptors (Lipinski definition) is 4. The molecule has 0 N–H and O–H groups in total. The fourth-order valence-electron chi connectivity index (χ4n) is 1.91. The van der Waals surface area contributed by atoms with Gasteiger partial charge in [-0.1, -0.05) is 30.3 Å². The van der Waals surface area contributed by atoms with Crippen molar-refractivity contribution in [3.05, 3.63) is 65.2 Å². The minimum Gasteiger partial charge on any atom is -0.489 e. The predicted molar refractivity (Wildman–Crippen MR) is 77.7 cm³/mol. The van der Waals surface area contributed by atoms with Gasteiger partial charge in [0.2, 0.25) is 0 Å². The third-order valence-electron chi connectivity index (χ3n) is 3.04. The van der Waals surface area contributed by atoms with Crippen LogP contribution in [-0.4, -0.2) is 13.1 Å². The molecule has 0 aliphatic carbocycles. The standard InChI is InChI=1S/C17H15NO3/c1-20-17(19)10-14-6-2-3-7-15(14)12-21-16-8-4-5-13(9-16)11-18/h2-9H,10,12H2,1H3. The van der Waals surface area contributed by atoms with E-state index in [1.807, 2.05) is 24.3 Å². The van der Waals surface area contributed by atoms with Gasteiger partial charge in [-0.25, -0.2) is 0 Å². The van der Waals surface area contributed by atoms with Gasteiger partial charge in [-0.05, 0) is 29.3 Å². The molecule has 106 valence electrons. The summed E-state index contributed by atoms with van der Waals surface area (Å²) in [6, 6.07) is 16.6. The molecule has 0 saturated heterocycles. The van der Waals surface area contributed by atoms with Crippen LogP contribution in [0, 0.1) is 11.3 Å². The first-order chi connectivity index (χ1) is 10.2. The zero-order valence-corrected chi connectivity index (χ0v) is 11.7. The van der Waals surface area contributed by atoms with Gasteiger partial charge in [-0.2, -0.15) is 5.26 Å². The lowest BCUT2D eigenvalue weighted by Crippen LogP contribution is -2.08. The van der Waals surface area contributed by atoms with Crippen molar-refractivity contribution in [1.82, 2.24) is 0 Å². The minimum atomic E-state index is -0.283. The van der Waals surface area contributed by atoms with Gasteiger partial charge >= 0.3 is 5.97 Å². The monoisotopic (exact) mass is 281 g/mol. The summed E-state index contributed by atoms with van der Waals surface area (Å²) in [6.45, 7) is 0.335. The predicted octanol–water partition coefficient (Wildman–Crippen LogP) is 2.85. The molecule has 4 heteroatoms. The molecule has 2 aromatic carbocycles. The summed E-state index contributed by atoms with van der Waals surface area (Å²) in [7, 11) is 1.37. The molecule has 21 heavy (non-hydrogen) atoms. The largest absolute Gasteiger partial charge is 0.489 e. The van der Waals surface area contributed by atoms with E-state index >= 15 is 0 Å². The second-order valence-electron chi connectivity index (χ2n) is 4.45. The number of methoxy groups -OCH3 is 1. The maximum absolute atomic E-state index is 11.4. The van der Waals surface area contributed by atoms with Crippen LogP contribution >= 0.6 is 0 Å². The lowest BCUT2D eigenvalue weighted by atomic mass is 10.1. The van der Waals surface area contributed by atoms with Crippen LogP contribution in [0.15, 0.2) is 48.5 Å². The number of esters is 1. The molecule has 0 aliphatic rings. The van der Waals surface area contributed by atoms with Gasteiger partial charge in [0, 0.05) is 0 Å². The molecule has 0 aromatic heterocycles. The van der Waals surface area contributed by atoms with Crippen LogP contribution in [0.1, 0.15) is 16.7 Å². The highest BCUT2D eigenvalue weighted by Crippen LogP contribution is 2.17. The van der Waals surface area contributed by atoms with Crippen LogP contribution in [0.2, 0.25) is 0 Å². The molecule has 2 aromatic rings. The highest BCUT2D eigenvalue weighted by atomic mass is 16.5. The van der Waals surface area contributed by atoms with Gasteiger partial charge in [0.25, 0.3) is 0 Å². The van der Waals surface area contributed by atoms with Gasteiger partial charge < -0.3 is 9.47 Å². The first kappa shape index (κ1) is 14.6. The van der Waals surface area contributed by atoms with Crippen molar-refractivity contribution in [2.24, 2.45) is 0 Å². The van der Waals surface area contributed by atoms with Gasteiger partial charge in [-0.15, -0.1) is 0 Å². The van der Waals surface area contributed by atoms with Crippen molar-refractivity contribution in [3.63, 3.8) is 0 Å². The average molecular weight is 281 g/mol. The highest BCUT2D eigenvalue weighted by molar-refractivity contribution is 5.72. The number of carbonyl (C=O) groups is 1. The molecule has 0 atom stereocenters. The number of ether oxygens (including phenoxy) is 2. The Morgan fingerprint density at radius 1 is 1.14 bits per heavy atom. The Morgan fingerprint density at radius 3 is 2.62 bits per heavy atom. The Bertz CT molecular complexity index is 674. The summed E-state index contributed by atoms with van der Waals surface area (Å²) in [4.78, 5) is 11.4. The Morgan fingerprint density at radius 2 is 1.90 bits per heavy atom. The molecule has 0 aliphatic heterocycles. The van der Waals surface area contributed by atoms with Crippen molar-refractivity contribution in [2.75, 3.05) is 7.11 Å². The maximum atomic E-state index is 11.4. The first-order valence-electron chi connectivity index (χ1n) is 6.49. The number of carbonyl (C=O) groups excluding carboxylic acids is 1. The lowest BCUT2D eigenvalue weighted by Gasteiger charge is -2.10. The first-order valence-corrected chi connectivity index (χ1v) is 6.49. The third kappa shape index (κ3) is 4.08. The zero-order chi connectivity index (χ0) is 15.1. The number of hydrogen-bond donors (Lipinski definition) is 0. The second kappa shape index (κ2) is 7.11. The second-order valence-corrected chi connectivity index (χ2v) is 4.45. The SMILES string of the molecule is COC(=O)Cc1ccccc1COc1cccc(C#N)c1. The van der Waals surface area contributed by atoms with Crippen molar-refractivity contribution in [3.8, 4) is 11.8 Å². The molecule has 4 nitrogen and oxygen atoms in total. The molecule has 0 radical (unpaired) electrons. The molecule has 0 heterocycles. The van der Waals surface area contributed by atoms with E-state index in [1.165, 1.54) is 7.11 Å². The Hall–Kier alpha value is -2.80. The van der Waals surface area contributed by atoms with Gasteiger partial charge in [0.1, 0.15) is 12.4 Å². The molecule has 0 spiro atoms. The van der Waals surface area contributed by atoms with Gasteiger partial charge in [0.15, 0.2) is 0 Å². The van der Waals surface area contributed by atoms with E-state index in [0.717, 1.165) is 11.1 Å². The molecular formula is C17H15NO3. The Kier molecular flexibility index (Phi) is 4.94. The lowest BCUT2D eigenvalue weighted by molar-refractivity contribution is -0.139. The van der Waals surface area contributed by atoms with Crippen LogP contribution in [0.5, 0.6) is 5.75 Å². The van der Waals surface area contributed by atoms with E-state index < -0.39 is 0 Å². The normalized spacial score (nSPS) is 9.71. The Labute approximate surface area is 123 Å². The van der Waals surface area contributed by atoms with E-state index in [4.69, 9.17) is 10.00 Å². The maximum Gasteiger partial charge on any atom is 0.309 e. The number of rotatable bonds is 5. The van der Waals surface area contributed by atoms with Crippen LogP contribution in [-0.2, 0) is 22.6 Å². The van der Waals surface area contributed by atoms with Crippen molar-refractivity contribution in [2.45, 2.75) is 13.0 Å². The molecular weight excluding hydrogens is 266 g/mol. The van der Waals surface area contributed by atoms with E-state index in [1.54, 1.807) is 24.3 Å². The van der Waals surface area contributed by atoms with E-state index in [9.17, 15) is 4.79 Å². The fraction of sp³-hybridized carbons (Fsp3) is 0.176. The number of benzene rings is 2. The third-order valence-corrected chi connectivity index (χ3v) is 3.04. The van der Waals surface area contributed by atoms with Crippen LogP contribution in [0.25, 0.3) is 0 Å². The van der Waals surface area contributed by atoms with Crippen molar-refractivity contribution in [1.29, 1.82) is 5.26 Å². The van der Waals surface area contributed by atoms with Crippen LogP contribution in [0.4, 0.5) is 0 Å². The average Bonchev–Trinajstić information content (AvgIpc) is 2.54. The van der Waals surface area contributed by atoms with Gasteiger partial charge in [0.05, 0.1) is 25.2 Å². The van der Waals surface area contributed by atoms with E-state index in [2.05, 4.69) is 10.8 Å². The summed E-state index contributed by atoms with van der Waals surface area (Å²) >= 11 is 0. The summed E-state index contributed by atoms with van der Waals surface area (Å²) in [5.41, 5.74) is 2.35.